The Bertz CT molecular complexity index is 1240. The van der Waals surface area contributed by atoms with Gasteiger partial charge in [-0.05, 0) is 43.3 Å². The Morgan fingerprint density at radius 1 is 0.694 bits per heavy atom. The van der Waals surface area contributed by atoms with Crippen LogP contribution in [0.1, 0.15) is 40.2 Å². The van der Waals surface area contributed by atoms with Crippen LogP contribution in [0.5, 0.6) is 5.75 Å². The molecule has 5 aromatic rings. The number of aromatic nitrogens is 1. The smallest absolute Gasteiger partial charge is 0.128 e. The van der Waals surface area contributed by atoms with Gasteiger partial charge < -0.3 is 5.11 Å². The molecule has 2 nitrogen and oxygen atoms in total. The number of phenols is 1. The average molecular weight is 516 g/mol. The summed E-state index contributed by atoms with van der Waals surface area (Å²) in [5, 5.41) is 10.6. The minimum Gasteiger partial charge on any atom is -0.507 e. The molecule has 0 spiro atoms. The van der Waals surface area contributed by atoms with Crippen LogP contribution in [0.3, 0.4) is 0 Å². The van der Waals surface area contributed by atoms with E-state index in [-0.39, 0.29) is 5.75 Å². The van der Waals surface area contributed by atoms with Gasteiger partial charge in [-0.25, -0.2) is 4.98 Å². The highest BCUT2D eigenvalue weighted by Crippen LogP contribution is 2.34. The predicted molar refractivity (Wildman–Crippen MR) is 161 cm³/mol. The molecule has 4 aromatic carbocycles. The molecule has 1 heterocycles. The lowest BCUT2D eigenvalue weighted by molar-refractivity contribution is 0.477. The first kappa shape index (κ1) is 29.2. The molecule has 188 valence electrons. The van der Waals surface area contributed by atoms with Gasteiger partial charge in [-0.3, -0.25) is 0 Å². The summed E-state index contributed by atoms with van der Waals surface area (Å²) >= 11 is 3.49. The fourth-order valence-corrected chi connectivity index (χ4v) is 5.02. The topological polar surface area (TPSA) is 33.1 Å². The Morgan fingerprint density at radius 3 is 1.75 bits per heavy atom. The van der Waals surface area contributed by atoms with E-state index in [2.05, 4.69) is 69.1 Å². The standard InChI is InChI=1S/C13H9NOS.C10H14S.C7H8.C2H6/c15-11-7-3-1-5-9(11)13-14-10-6-2-4-8-12(10)16-13;1-10(2,3)11-9-7-5-4-6-8-9;1-7-5-3-2-4-6-7;1-2/h1-8,15H;4-8H,1-3H3;2-6H,1H3;1-2H3. The molecule has 1 N–H and O–H groups in total. The Kier molecular flexibility index (Phi) is 12.2. The van der Waals surface area contributed by atoms with E-state index in [1.54, 1.807) is 17.4 Å². The molecular weight excluding hydrogens is 478 g/mol. The molecule has 1 aromatic heterocycles. The van der Waals surface area contributed by atoms with Crippen molar-refractivity contribution in [2.24, 2.45) is 0 Å². The van der Waals surface area contributed by atoms with Crippen LogP contribution in [0, 0.1) is 6.92 Å². The quantitative estimate of drug-likeness (QED) is 0.237. The maximum absolute atomic E-state index is 9.76. The Balaban J connectivity index is 0.000000199. The molecule has 0 aliphatic rings. The Morgan fingerprint density at radius 2 is 1.22 bits per heavy atom. The van der Waals surface area contributed by atoms with Crippen LogP contribution in [-0.4, -0.2) is 14.8 Å². The summed E-state index contributed by atoms with van der Waals surface area (Å²) in [6.07, 6.45) is 0. The van der Waals surface area contributed by atoms with Crippen LogP contribution in [0.4, 0.5) is 0 Å². The molecule has 0 radical (unpaired) electrons. The Hall–Kier alpha value is -3.08. The van der Waals surface area contributed by atoms with E-state index in [1.807, 2.05) is 92.3 Å². The summed E-state index contributed by atoms with van der Waals surface area (Å²) in [4.78, 5) is 5.85. The van der Waals surface area contributed by atoms with Gasteiger partial charge in [0.05, 0.1) is 15.8 Å². The number of phenolic OH excluding ortho intramolecular Hbond substituents is 1. The number of para-hydroxylation sites is 2. The van der Waals surface area contributed by atoms with Crippen LogP contribution in [0.25, 0.3) is 20.8 Å². The summed E-state index contributed by atoms with van der Waals surface area (Å²) < 4.78 is 1.46. The highest BCUT2D eigenvalue weighted by atomic mass is 32.2. The van der Waals surface area contributed by atoms with E-state index in [0.717, 1.165) is 20.8 Å². The number of hydrogen-bond donors (Lipinski definition) is 1. The molecule has 4 heteroatoms. The van der Waals surface area contributed by atoms with Crippen LogP contribution < -0.4 is 0 Å². The zero-order valence-electron chi connectivity index (χ0n) is 22.1. The molecule has 0 unspecified atom stereocenters. The van der Waals surface area contributed by atoms with Crippen LogP contribution >= 0.6 is 23.1 Å². The van der Waals surface area contributed by atoms with Gasteiger partial charge in [0.1, 0.15) is 10.8 Å². The van der Waals surface area contributed by atoms with E-state index >= 15 is 0 Å². The minimum absolute atomic E-state index is 0.279. The number of thioether (sulfide) groups is 1. The van der Waals surface area contributed by atoms with Crippen LogP contribution in [0.15, 0.2) is 114 Å². The van der Waals surface area contributed by atoms with Crippen molar-refractivity contribution in [3.05, 3.63) is 115 Å². The van der Waals surface area contributed by atoms with Crippen molar-refractivity contribution in [3.8, 4) is 16.3 Å². The predicted octanol–water partition coefficient (Wildman–Crippen LogP) is 10.3. The largest absolute Gasteiger partial charge is 0.507 e. The zero-order chi connectivity index (χ0) is 26.4. The molecular formula is C32H37NOS2. The maximum atomic E-state index is 9.76. The van der Waals surface area contributed by atoms with Crippen molar-refractivity contribution in [1.29, 1.82) is 0 Å². The molecule has 0 saturated carbocycles. The van der Waals surface area contributed by atoms with Gasteiger partial charge in [-0.1, -0.05) is 113 Å². The van der Waals surface area contributed by atoms with Gasteiger partial charge in [0.15, 0.2) is 0 Å². The van der Waals surface area contributed by atoms with E-state index in [9.17, 15) is 5.11 Å². The minimum atomic E-state index is 0.279. The van der Waals surface area contributed by atoms with Crippen molar-refractivity contribution in [2.75, 3.05) is 0 Å². The lowest BCUT2D eigenvalue weighted by Gasteiger charge is -2.16. The molecule has 0 fully saturated rings. The molecule has 0 bridgehead atoms. The second-order valence-corrected chi connectivity index (χ2v) is 11.6. The number of rotatable bonds is 2. The van der Waals surface area contributed by atoms with Crippen molar-refractivity contribution in [1.82, 2.24) is 4.98 Å². The zero-order valence-corrected chi connectivity index (χ0v) is 23.7. The maximum Gasteiger partial charge on any atom is 0.128 e. The fraction of sp³-hybridized carbons (Fsp3) is 0.219. The summed E-state index contributed by atoms with van der Waals surface area (Å²) in [6, 6.07) is 36.0. The van der Waals surface area contributed by atoms with E-state index in [4.69, 9.17) is 0 Å². The molecule has 0 saturated heterocycles. The second-order valence-electron chi connectivity index (χ2n) is 8.69. The summed E-state index contributed by atoms with van der Waals surface area (Å²) in [6.45, 7) is 12.8. The lowest BCUT2D eigenvalue weighted by Crippen LogP contribution is -2.06. The molecule has 0 amide bonds. The number of aromatic hydroxyl groups is 1. The van der Waals surface area contributed by atoms with Gasteiger partial charge in [0, 0.05) is 9.64 Å². The van der Waals surface area contributed by atoms with Gasteiger partial charge in [0.25, 0.3) is 0 Å². The van der Waals surface area contributed by atoms with Crippen molar-refractivity contribution >= 4 is 33.3 Å². The van der Waals surface area contributed by atoms with Crippen molar-refractivity contribution < 1.29 is 5.11 Å². The monoisotopic (exact) mass is 515 g/mol. The third-order valence-corrected chi connectivity index (χ3v) is 6.73. The molecule has 0 atom stereocenters. The van der Waals surface area contributed by atoms with Crippen LogP contribution in [0.2, 0.25) is 0 Å². The third kappa shape index (κ3) is 10.3. The van der Waals surface area contributed by atoms with Gasteiger partial charge in [0.2, 0.25) is 0 Å². The first-order valence-corrected chi connectivity index (χ1v) is 13.8. The number of hydrogen-bond acceptors (Lipinski definition) is 4. The fourth-order valence-electron chi connectivity index (χ4n) is 3.02. The van der Waals surface area contributed by atoms with E-state index < -0.39 is 0 Å². The first-order chi connectivity index (χ1) is 17.3. The highest BCUT2D eigenvalue weighted by molar-refractivity contribution is 8.00. The third-order valence-electron chi connectivity index (χ3n) is 4.54. The first-order valence-electron chi connectivity index (χ1n) is 12.2. The number of fused-ring (bicyclic) bond motifs is 1. The van der Waals surface area contributed by atoms with Gasteiger partial charge >= 0.3 is 0 Å². The summed E-state index contributed by atoms with van der Waals surface area (Å²) in [7, 11) is 0. The summed E-state index contributed by atoms with van der Waals surface area (Å²) in [5.41, 5.74) is 3.09. The normalized spacial score (nSPS) is 10.2. The molecule has 36 heavy (non-hydrogen) atoms. The Labute approximate surface area is 225 Å². The average Bonchev–Trinajstić information content (AvgIpc) is 3.31. The summed E-state index contributed by atoms with van der Waals surface area (Å²) in [5.74, 6) is 0.279. The SMILES string of the molecule is CC.CC(C)(C)Sc1ccccc1.Cc1ccccc1.Oc1ccccc1-c1nc2ccccc2s1. The lowest BCUT2D eigenvalue weighted by atomic mass is 10.2. The van der Waals surface area contributed by atoms with Crippen molar-refractivity contribution in [2.45, 2.75) is 51.2 Å². The number of aryl methyl sites for hydroxylation is 1. The molecule has 0 aliphatic carbocycles. The molecule has 5 rings (SSSR count). The second kappa shape index (κ2) is 15.1. The molecule has 0 aliphatic heterocycles. The number of benzene rings is 4. The number of thiazole rings is 1. The van der Waals surface area contributed by atoms with Crippen LogP contribution in [-0.2, 0) is 0 Å². The van der Waals surface area contributed by atoms with Gasteiger partial charge in [-0.15, -0.1) is 23.1 Å². The van der Waals surface area contributed by atoms with E-state index in [1.165, 1.54) is 10.5 Å². The number of nitrogens with zero attached hydrogens (tertiary/aromatic N) is 1. The highest BCUT2D eigenvalue weighted by Gasteiger charge is 2.11. The van der Waals surface area contributed by atoms with E-state index in [0.29, 0.717) is 4.75 Å². The van der Waals surface area contributed by atoms with Gasteiger partial charge in [-0.2, -0.15) is 0 Å². The van der Waals surface area contributed by atoms with Crippen molar-refractivity contribution in [3.63, 3.8) is 0 Å².